The zero-order valence-corrected chi connectivity index (χ0v) is 20.7. The lowest BCUT2D eigenvalue weighted by atomic mass is 9.79. The molecular weight excluding hydrogens is 448 g/mol. The highest BCUT2D eigenvalue weighted by atomic mass is 16.5. The van der Waals surface area contributed by atoms with Crippen LogP contribution in [-0.4, -0.2) is 27.7 Å². The highest BCUT2D eigenvalue weighted by Gasteiger charge is 2.27. The molecule has 0 bridgehead atoms. The Labute approximate surface area is 212 Å². The van der Waals surface area contributed by atoms with Crippen LogP contribution in [0, 0.1) is 11.8 Å². The minimum absolute atomic E-state index is 0.446. The van der Waals surface area contributed by atoms with Gasteiger partial charge < -0.3 is 19.8 Å². The van der Waals surface area contributed by atoms with Crippen molar-refractivity contribution in [2.24, 2.45) is 11.8 Å². The Hall–Kier alpha value is -3.38. The maximum Gasteiger partial charge on any atom is 0.146 e. The number of anilines is 1. The summed E-state index contributed by atoms with van der Waals surface area (Å²) in [6, 6.07) is 18.5. The van der Waals surface area contributed by atoms with E-state index in [1.165, 1.54) is 44.9 Å². The monoisotopic (exact) mass is 482 g/mol. The second-order valence-electron chi connectivity index (χ2n) is 10.3. The molecule has 0 unspecified atom stereocenters. The van der Waals surface area contributed by atoms with Gasteiger partial charge in [0, 0.05) is 31.0 Å². The van der Waals surface area contributed by atoms with Crippen LogP contribution < -0.4 is 10.5 Å². The van der Waals surface area contributed by atoms with E-state index in [1.54, 1.807) is 6.33 Å². The van der Waals surface area contributed by atoms with E-state index in [9.17, 15) is 0 Å². The molecule has 3 heterocycles. The van der Waals surface area contributed by atoms with E-state index >= 15 is 0 Å². The van der Waals surface area contributed by atoms with E-state index in [0.717, 1.165) is 58.7 Å². The van der Waals surface area contributed by atoms with Crippen molar-refractivity contribution in [3.8, 4) is 22.6 Å². The van der Waals surface area contributed by atoms with Gasteiger partial charge in [-0.15, -0.1) is 0 Å². The molecular formula is C30H34N4O2. The molecule has 1 saturated carbocycles. The van der Waals surface area contributed by atoms with Crippen molar-refractivity contribution in [3.63, 3.8) is 0 Å². The third-order valence-corrected chi connectivity index (χ3v) is 8.00. The Morgan fingerprint density at radius 1 is 0.833 bits per heavy atom. The average Bonchev–Trinajstić information content (AvgIpc) is 3.32. The van der Waals surface area contributed by atoms with E-state index in [1.807, 2.05) is 42.5 Å². The lowest BCUT2D eigenvalue weighted by molar-refractivity contribution is 0.0551. The van der Waals surface area contributed by atoms with Crippen LogP contribution in [-0.2, 0) is 4.74 Å². The highest BCUT2D eigenvalue weighted by Crippen LogP contribution is 2.41. The number of nitrogens with zero attached hydrogens (tertiary/aromatic N) is 3. The smallest absolute Gasteiger partial charge is 0.146 e. The molecule has 4 aromatic rings. The van der Waals surface area contributed by atoms with Crippen LogP contribution in [0.5, 0.6) is 11.5 Å². The number of ether oxygens (including phenoxy) is 2. The van der Waals surface area contributed by atoms with E-state index in [4.69, 9.17) is 15.2 Å². The van der Waals surface area contributed by atoms with Crippen molar-refractivity contribution in [3.05, 3.63) is 67.1 Å². The van der Waals surface area contributed by atoms with E-state index in [0.29, 0.717) is 11.9 Å². The molecule has 6 rings (SSSR count). The summed E-state index contributed by atoms with van der Waals surface area (Å²) in [5.74, 6) is 3.85. The summed E-state index contributed by atoms with van der Waals surface area (Å²) in [7, 11) is 0. The Morgan fingerprint density at radius 3 is 2.28 bits per heavy atom. The van der Waals surface area contributed by atoms with Gasteiger partial charge in [-0.3, -0.25) is 0 Å². The average molecular weight is 483 g/mol. The van der Waals surface area contributed by atoms with Crippen LogP contribution in [0.25, 0.3) is 22.2 Å². The van der Waals surface area contributed by atoms with Gasteiger partial charge >= 0.3 is 0 Å². The molecule has 1 aliphatic carbocycles. The number of hydrogen-bond donors (Lipinski definition) is 1. The molecule has 36 heavy (non-hydrogen) atoms. The first-order valence-electron chi connectivity index (χ1n) is 13.3. The Balaban J connectivity index is 1.22. The Kier molecular flexibility index (Phi) is 6.60. The van der Waals surface area contributed by atoms with E-state index < -0.39 is 0 Å². The van der Waals surface area contributed by atoms with Gasteiger partial charge in [0.15, 0.2) is 0 Å². The summed E-state index contributed by atoms with van der Waals surface area (Å²) in [5.41, 5.74) is 9.51. The van der Waals surface area contributed by atoms with Crippen molar-refractivity contribution in [2.75, 3.05) is 18.9 Å². The quantitative estimate of drug-likeness (QED) is 0.320. The molecule has 6 heteroatoms. The molecule has 2 aliphatic rings. The van der Waals surface area contributed by atoms with Gasteiger partial charge in [0.2, 0.25) is 0 Å². The molecule has 1 saturated heterocycles. The first-order valence-corrected chi connectivity index (χ1v) is 13.3. The first-order chi connectivity index (χ1) is 17.7. The zero-order chi connectivity index (χ0) is 24.3. The third kappa shape index (κ3) is 4.82. The molecule has 0 atom stereocenters. The standard InChI is InChI=1S/C30H34N4O2/c31-29-28-27(23-8-12-26(13-9-23)36-25-4-2-1-3-5-25)19-34(30(28)33-20-32-29)24-10-6-21(7-11-24)18-22-14-16-35-17-15-22/h1-5,8-9,12-13,19-22,24H,6-7,10-11,14-18H2,(H2,31,32,33)/t21-,24+. The van der Waals surface area contributed by atoms with Crippen LogP contribution >= 0.6 is 0 Å². The maximum absolute atomic E-state index is 6.40. The molecule has 6 nitrogen and oxygen atoms in total. The summed E-state index contributed by atoms with van der Waals surface area (Å²) >= 11 is 0. The molecule has 2 fully saturated rings. The van der Waals surface area contributed by atoms with Crippen molar-refractivity contribution >= 4 is 16.9 Å². The van der Waals surface area contributed by atoms with E-state index in [2.05, 4.69) is 32.9 Å². The second-order valence-corrected chi connectivity index (χ2v) is 10.3. The van der Waals surface area contributed by atoms with Gasteiger partial charge in [0.25, 0.3) is 0 Å². The molecule has 0 radical (unpaired) electrons. The first kappa shape index (κ1) is 23.0. The number of hydrogen-bond acceptors (Lipinski definition) is 5. The van der Waals surface area contributed by atoms with Crippen LogP contribution in [0.2, 0.25) is 0 Å². The van der Waals surface area contributed by atoms with Gasteiger partial charge in [-0.1, -0.05) is 30.3 Å². The number of rotatable bonds is 6. The van der Waals surface area contributed by atoms with Crippen molar-refractivity contribution in [1.82, 2.24) is 14.5 Å². The molecule has 0 amide bonds. The maximum atomic E-state index is 6.40. The van der Waals surface area contributed by atoms with Gasteiger partial charge in [-0.25, -0.2) is 9.97 Å². The number of nitrogen functional groups attached to an aromatic ring is 1. The summed E-state index contributed by atoms with van der Waals surface area (Å²) in [6.45, 7) is 1.89. The summed E-state index contributed by atoms with van der Waals surface area (Å²) in [4.78, 5) is 9.00. The fourth-order valence-electron chi connectivity index (χ4n) is 6.04. The minimum Gasteiger partial charge on any atom is -0.457 e. The third-order valence-electron chi connectivity index (χ3n) is 8.00. The van der Waals surface area contributed by atoms with Gasteiger partial charge in [-0.2, -0.15) is 0 Å². The molecule has 2 aromatic heterocycles. The van der Waals surface area contributed by atoms with Gasteiger partial charge in [0.05, 0.1) is 5.39 Å². The van der Waals surface area contributed by atoms with Crippen molar-refractivity contribution in [1.29, 1.82) is 0 Å². The zero-order valence-electron chi connectivity index (χ0n) is 20.7. The fourth-order valence-corrected chi connectivity index (χ4v) is 6.04. The largest absolute Gasteiger partial charge is 0.457 e. The topological polar surface area (TPSA) is 75.2 Å². The number of benzene rings is 2. The fraction of sp³-hybridized carbons (Fsp3) is 0.400. The SMILES string of the molecule is Nc1ncnc2c1c(-c1ccc(Oc3ccccc3)cc1)cn2[C@H]1CC[C@@H](CC2CCOCC2)CC1. The van der Waals surface area contributed by atoms with Gasteiger partial charge in [-0.05, 0) is 86.6 Å². The Morgan fingerprint density at radius 2 is 1.53 bits per heavy atom. The molecule has 2 N–H and O–H groups in total. The summed E-state index contributed by atoms with van der Waals surface area (Å²) in [5, 5.41) is 0.943. The summed E-state index contributed by atoms with van der Waals surface area (Å²) in [6.07, 6.45) is 12.6. The predicted octanol–water partition coefficient (Wildman–Crippen LogP) is 7.02. The van der Waals surface area contributed by atoms with Gasteiger partial charge in [0.1, 0.15) is 29.3 Å². The van der Waals surface area contributed by atoms with Crippen molar-refractivity contribution < 1.29 is 9.47 Å². The van der Waals surface area contributed by atoms with Crippen LogP contribution in [0.3, 0.4) is 0 Å². The number of para-hydroxylation sites is 1. The van der Waals surface area contributed by atoms with Crippen LogP contribution in [0.15, 0.2) is 67.1 Å². The second kappa shape index (κ2) is 10.3. The number of aromatic nitrogens is 3. The lowest BCUT2D eigenvalue weighted by Gasteiger charge is -2.33. The molecule has 0 spiro atoms. The van der Waals surface area contributed by atoms with Crippen LogP contribution in [0.4, 0.5) is 5.82 Å². The molecule has 2 aromatic carbocycles. The minimum atomic E-state index is 0.446. The highest BCUT2D eigenvalue weighted by molar-refractivity contribution is 6.00. The van der Waals surface area contributed by atoms with E-state index in [-0.39, 0.29) is 0 Å². The van der Waals surface area contributed by atoms with Crippen molar-refractivity contribution in [2.45, 2.75) is 51.0 Å². The number of nitrogens with two attached hydrogens (primary N) is 1. The predicted molar refractivity (Wildman–Crippen MR) is 143 cm³/mol. The molecule has 1 aliphatic heterocycles. The Bertz CT molecular complexity index is 1290. The lowest BCUT2D eigenvalue weighted by Crippen LogP contribution is -2.23. The number of fused-ring (bicyclic) bond motifs is 1. The van der Waals surface area contributed by atoms with Crippen LogP contribution in [0.1, 0.15) is 51.0 Å². The normalized spacial score (nSPS) is 21.0. The molecule has 186 valence electrons. The summed E-state index contributed by atoms with van der Waals surface area (Å²) < 4.78 is 13.9.